The molecule has 0 aromatic rings. The molecule has 15 heavy (non-hydrogen) atoms. The molecule has 0 bridgehead atoms. The van der Waals surface area contributed by atoms with Crippen LogP contribution < -0.4 is 0 Å². The summed E-state index contributed by atoms with van der Waals surface area (Å²) in [6.45, 7) is 5.20. The number of rotatable bonds is 3. The highest BCUT2D eigenvalue weighted by Crippen LogP contribution is 2.12. The predicted octanol–water partition coefficient (Wildman–Crippen LogP) is 0.866. The second-order valence-corrected chi connectivity index (χ2v) is 4.13. The van der Waals surface area contributed by atoms with E-state index in [2.05, 4.69) is 6.92 Å². The quantitative estimate of drug-likeness (QED) is 0.696. The molecule has 0 radical (unpaired) electrons. The number of carbonyl (C=O) groups is 2. The lowest BCUT2D eigenvalue weighted by Crippen LogP contribution is -2.56. The second kappa shape index (κ2) is 5.14. The fourth-order valence-electron chi connectivity index (χ4n) is 1.83. The lowest BCUT2D eigenvalue weighted by atomic mass is 10.1. The van der Waals surface area contributed by atoms with Gasteiger partial charge in [-0.2, -0.15) is 0 Å². The summed E-state index contributed by atoms with van der Waals surface area (Å²) in [5, 5.41) is 0. The van der Waals surface area contributed by atoms with Crippen LogP contribution in [0.3, 0.4) is 0 Å². The minimum Gasteiger partial charge on any atom is -0.342 e. The summed E-state index contributed by atoms with van der Waals surface area (Å²) in [7, 11) is 1.78. The lowest BCUT2D eigenvalue weighted by molar-refractivity contribution is -0.149. The third-order valence-electron chi connectivity index (χ3n) is 2.94. The van der Waals surface area contributed by atoms with E-state index in [1.165, 1.54) is 0 Å². The van der Waals surface area contributed by atoms with Gasteiger partial charge in [0.1, 0.15) is 6.04 Å². The van der Waals surface area contributed by atoms with Crippen molar-refractivity contribution in [1.82, 2.24) is 9.80 Å². The Labute approximate surface area is 91.2 Å². The van der Waals surface area contributed by atoms with Crippen LogP contribution in [-0.2, 0) is 9.59 Å². The molecule has 1 unspecified atom stereocenters. The van der Waals surface area contributed by atoms with Crippen LogP contribution in [0.15, 0.2) is 0 Å². The van der Waals surface area contributed by atoms with Crippen molar-refractivity contribution in [3.8, 4) is 0 Å². The molecule has 1 aliphatic heterocycles. The van der Waals surface area contributed by atoms with Gasteiger partial charge in [-0.3, -0.25) is 9.59 Å². The SMILES string of the molecule is CCCCC(=O)N1CCN(C)C(=O)C1C. The summed E-state index contributed by atoms with van der Waals surface area (Å²) in [6.07, 6.45) is 2.49. The van der Waals surface area contributed by atoms with Crippen molar-refractivity contribution in [2.24, 2.45) is 0 Å². The molecule has 0 saturated carbocycles. The zero-order valence-corrected chi connectivity index (χ0v) is 9.82. The van der Waals surface area contributed by atoms with Gasteiger partial charge in [0.2, 0.25) is 11.8 Å². The predicted molar refractivity (Wildman–Crippen MR) is 58.3 cm³/mol. The van der Waals surface area contributed by atoms with E-state index in [4.69, 9.17) is 0 Å². The Morgan fingerprint density at radius 3 is 2.73 bits per heavy atom. The molecule has 2 amide bonds. The Hall–Kier alpha value is -1.06. The lowest BCUT2D eigenvalue weighted by Gasteiger charge is -2.37. The number of likely N-dealkylation sites (N-methyl/N-ethyl adjacent to an activating group) is 1. The molecule has 1 rings (SSSR count). The molecule has 4 heteroatoms. The topological polar surface area (TPSA) is 40.6 Å². The number of carbonyl (C=O) groups excluding carboxylic acids is 2. The van der Waals surface area contributed by atoms with Crippen LogP contribution in [0.5, 0.6) is 0 Å². The molecule has 1 aliphatic rings. The number of unbranched alkanes of at least 4 members (excludes halogenated alkanes) is 1. The van der Waals surface area contributed by atoms with E-state index in [1.807, 2.05) is 6.92 Å². The van der Waals surface area contributed by atoms with Crippen molar-refractivity contribution in [3.63, 3.8) is 0 Å². The summed E-state index contributed by atoms with van der Waals surface area (Å²) in [5.74, 6) is 0.164. The second-order valence-electron chi connectivity index (χ2n) is 4.13. The molecule has 0 aliphatic carbocycles. The van der Waals surface area contributed by atoms with Crippen LogP contribution in [0.25, 0.3) is 0 Å². The van der Waals surface area contributed by atoms with E-state index in [0.717, 1.165) is 12.8 Å². The van der Waals surface area contributed by atoms with Gasteiger partial charge in [-0.1, -0.05) is 13.3 Å². The minimum absolute atomic E-state index is 0.0473. The Morgan fingerprint density at radius 2 is 2.13 bits per heavy atom. The van der Waals surface area contributed by atoms with E-state index in [1.54, 1.807) is 16.8 Å². The Morgan fingerprint density at radius 1 is 1.47 bits per heavy atom. The average Bonchev–Trinajstić information content (AvgIpc) is 2.23. The fraction of sp³-hybridized carbons (Fsp3) is 0.818. The number of hydrogen-bond acceptors (Lipinski definition) is 2. The van der Waals surface area contributed by atoms with Crippen molar-refractivity contribution in [2.45, 2.75) is 39.2 Å². The van der Waals surface area contributed by atoms with Crippen molar-refractivity contribution in [3.05, 3.63) is 0 Å². The summed E-state index contributed by atoms with van der Waals surface area (Å²) in [5.41, 5.74) is 0. The first-order chi connectivity index (χ1) is 7.07. The molecule has 1 heterocycles. The monoisotopic (exact) mass is 212 g/mol. The molecule has 0 spiro atoms. The number of piperazine rings is 1. The first-order valence-corrected chi connectivity index (χ1v) is 5.62. The number of amides is 2. The van der Waals surface area contributed by atoms with Crippen LogP contribution >= 0.6 is 0 Å². The third kappa shape index (κ3) is 2.70. The van der Waals surface area contributed by atoms with Crippen LogP contribution in [-0.4, -0.2) is 47.8 Å². The molecule has 1 fully saturated rings. The summed E-state index contributed by atoms with van der Waals surface area (Å²) in [4.78, 5) is 26.8. The summed E-state index contributed by atoms with van der Waals surface area (Å²) in [6, 6.07) is -0.284. The van der Waals surface area contributed by atoms with Crippen molar-refractivity contribution < 1.29 is 9.59 Å². The largest absolute Gasteiger partial charge is 0.342 e. The van der Waals surface area contributed by atoms with Gasteiger partial charge in [-0.25, -0.2) is 0 Å². The molecular weight excluding hydrogens is 192 g/mol. The standard InChI is InChI=1S/C11H20N2O2/c1-4-5-6-10(14)13-8-7-12(3)11(15)9(13)2/h9H,4-8H2,1-3H3. The zero-order chi connectivity index (χ0) is 11.4. The van der Waals surface area contributed by atoms with Crippen LogP contribution in [0.2, 0.25) is 0 Å². The van der Waals surface area contributed by atoms with E-state index >= 15 is 0 Å². The van der Waals surface area contributed by atoms with Crippen molar-refractivity contribution in [2.75, 3.05) is 20.1 Å². The first kappa shape index (κ1) is 12.0. The van der Waals surface area contributed by atoms with Gasteiger partial charge in [0.05, 0.1) is 0 Å². The van der Waals surface area contributed by atoms with Crippen molar-refractivity contribution in [1.29, 1.82) is 0 Å². The molecule has 4 nitrogen and oxygen atoms in total. The Balaban J connectivity index is 2.55. The zero-order valence-electron chi connectivity index (χ0n) is 9.82. The molecular formula is C11H20N2O2. The molecule has 0 aromatic heterocycles. The van der Waals surface area contributed by atoms with Gasteiger partial charge in [-0.15, -0.1) is 0 Å². The molecule has 1 atom stereocenters. The maximum Gasteiger partial charge on any atom is 0.244 e. The van der Waals surface area contributed by atoms with Crippen LogP contribution in [0, 0.1) is 0 Å². The minimum atomic E-state index is -0.284. The Bertz CT molecular complexity index is 253. The van der Waals surface area contributed by atoms with E-state index in [0.29, 0.717) is 19.5 Å². The highest BCUT2D eigenvalue weighted by molar-refractivity contribution is 5.88. The highest BCUT2D eigenvalue weighted by Gasteiger charge is 2.31. The smallest absolute Gasteiger partial charge is 0.244 e. The number of hydrogen-bond donors (Lipinski definition) is 0. The summed E-state index contributed by atoms with van der Waals surface area (Å²) < 4.78 is 0. The molecule has 86 valence electrons. The van der Waals surface area contributed by atoms with Gasteiger partial charge in [0, 0.05) is 26.6 Å². The van der Waals surface area contributed by atoms with Gasteiger partial charge in [0.15, 0.2) is 0 Å². The molecule has 0 aromatic carbocycles. The average molecular weight is 212 g/mol. The summed E-state index contributed by atoms with van der Waals surface area (Å²) >= 11 is 0. The highest BCUT2D eigenvalue weighted by atomic mass is 16.2. The van der Waals surface area contributed by atoms with Gasteiger partial charge < -0.3 is 9.80 Å². The Kier molecular flexibility index (Phi) is 4.12. The van der Waals surface area contributed by atoms with Gasteiger partial charge in [0.25, 0.3) is 0 Å². The van der Waals surface area contributed by atoms with Crippen LogP contribution in [0.1, 0.15) is 33.1 Å². The number of nitrogens with zero attached hydrogens (tertiary/aromatic N) is 2. The fourth-order valence-corrected chi connectivity index (χ4v) is 1.83. The molecule has 1 saturated heterocycles. The van der Waals surface area contributed by atoms with Crippen LogP contribution in [0.4, 0.5) is 0 Å². The van der Waals surface area contributed by atoms with E-state index < -0.39 is 0 Å². The van der Waals surface area contributed by atoms with E-state index in [-0.39, 0.29) is 17.9 Å². The van der Waals surface area contributed by atoms with Gasteiger partial charge >= 0.3 is 0 Å². The normalized spacial score (nSPS) is 22.1. The van der Waals surface area contributed by atoms with Gasteiger partial charge in [-0.05, 0) is 13.3 Å². The third-order valence-corrected chi connectivity index (χ3v) is 2.94. The van der Waals surface area contributed by atoms with Crippen molar-refractivity contribution >= 4 is 11.8 Å². The maximum absolute atomic E-state index is 11.8. The first-order valence-electron chi connectivity index (χ1n) is 5.62. The molecule has 0 N–H and O–H groups in total. The van der Waals surface area contributed by atoms with E-state index in [9.17, 15) is 9.59 Å². The maximum atomic E-state index is 11.8.